The van der Waals surface area contributed by atoms with Gasteiger partial charge in [-0.05, 0) is 35.7 Å². The van der Waals surface area contributed by atoms with Crippen molar-refractivity contribution in [3.05, 3.63) is 57.6 Å². The molecular weight excluding hydrogens is 380 g/mol. The number of fused-ring (bicyclic) bond motifs is 7. The molecule has 2 aliphatic rings. The summed E-state index contributed by atoms with van der Waals surface area (Å²) < 4.78 is 15.9. The summed E-state index contributed by atoms with van der Waals surface area (Å²) in [6.07, 6.45) is 0.507. The molecule has 4 bridgehead atoms. The fraction of sp³-hybridized carbons (Fsp3) is 0.300. The fourth-order valence-electron chi connectivity index (χ4n) is 3.09. The summed E-state index contributed by atoms with van der Waals surface area (Å²) >= 11 is 0. The Labute approximate surface area is 166 Å². The Bertz CT molecular complexity index is 958. The van der Waals surface area contributed by atoms with E-state index in [1.54, 1.807) is 24.3 Å². The van der Waals surface area contributed by atoms with Crippen molar-refractivity contribution in [2.24, 2.45) is 0 Å². The highest BCUT2D eigenvalue weighted by molar-refractivity contribution is 5.84. The summed E-state index contributed by atoms with van der Waals surface area (Å²) in [6.45, 7) is 0. The Morgan fingerprint density at radius 2 is 1.90 bits per heavy atom. The quantitative estimate of drug-likeness (QED) is 0.478. The molecule has 0 unspecified atom stereocenters. The summed E-state index contributed by atoms with van der Waals surface area (Å²) in [6, 6.07) is 8.64. The monoisotopic (exact) mass is 400 g/mol. The van der Waals surface area contributed by atoms with Crippen LogP contribution in [-0.2, 0) is 27.2 Å². The van der Waals surface area contributed by atoms with Crippen molar-refractivity contribution in [2.45, 2.75) is 25.3 Å². The molecule has 2 aromatic carbocycles. The molecule has 0 aliphatic carbocycles. The normalized spacial score (nSPS) is 16.2. The molecule has 2 aliphatic heterocycles. The molecule has 0 fully saturated rings. The minimum Gasteiger partial charge on any atom is -0.493 e. The van der Waals surface area contributed by atoms with Crippen LogP contribution < -0.4 is 14.8 Å². The van der Waals surface area contributed by atoms with Crippen molar-refractivity contribution in [3.8, 4) is 17.2 Å². The number of amides is 1. The molecule has 4 rings (SSSR count). The van der Waals surface area contributed by atoms with Crippen molar-refractivity contribution in [2.75, 3.05) is 14.2 Å². The highest BCUT2D eigenvalue weighted by Gasteiger charge is 2.24. The predicted molar refractivity (Wildman–Crippen MR) is 102 cm³/mol. The molecule has 0 saturated heterocycles. The van der Waals surface area contributed by atoms with Gasteiger partial charge in [-0.3, -0.25) is 14.9 Å². The third-order valence-electron chi connectivity index (χ3n) is 4.57. The first-order valence-corrected chi connectivity index (χ1v) is 8.90. The molecule has 29 heavy (non-hydrogen) atoms. The van der Waals surface area contributed by atoms with Gasteiger partial charge in [-0.25, -0.2) is 4.79 Å². The zero-order valence-electron chi connectivity index (χ0n) is 16.0. The lowest BCUT2D eigenvalue weighted by atomic mass is 10.0. The number of nitro groups is 1. The van der Waals surface area contributed by atoms with E-state index in [1.165, 1.54) is 26.4 Å². The minimum atomic E-state index is -0.869. The number of nitro benzene ring substituents is 1. The number of carbonyl (C=O) groups is 2. The van der Waals surface area contributed by atoms with Crippen LogP contribution in [0.3, 0.4) is 0 Å². The van der Waals surface area contributed by atoms with Gasteiger partial charge in [0.05, 0.1) is 19.1 Å². The maximum absolute atomic E-state index is 12.3. The van der Waals surface area contributed by atoms with Gasteiger partial charge in [0, 0.05) is 18.9 Å². The molecule has 0 spiro atoms. The molecule has 9 nitrogen and oxygen atoms in total. The van der Waals surface area contributed by atoms with Gasteiger partial charge in [-0.1, -0.05) is 12.1 Å². The lowest BCUT2D eigenvalue weighted by molar-refractivity contribution is -0.385. The number of aryl methyl sites for hydroxylation is 1. The Morgan fingerprint density at radius 3 is 2.59 bits per heavy atom. The molecule has 1 amide bonds. The Balaban J connectivity index is 2.09. The van der Waals surface area contributed by atoms with Crippen LogP contribution in [0, 0.1) is 10.1 Å². The topological polar surface area (TPSA) is 117 Å². The molecule has 2 aromatic rings. The zero-order valence-corrected chi connectivity index (χ0v) is 16.0. The second-order valence-electron chi connectivity index (χ2n) is 6.49. The third-order valence-corrected chi connectivity index (χ3v) is 4.57. The maximum Gasteiger partial charge on any atom is 0.328 e. The number of methoxy groups -OCH3 is 2. The lowest BCUT2D eigenvalue weighted by Gasteiger charge is -2.19. The van der Waals surface area contributed by atoms with Gasteiger partial charge in [-0.15, -0.1) is 0 Å². The first-order valence-electron chi connectivity index (χ1n) is 8.90. The molecule has 9 heteroatoms. The first kappa shape index (κ1) is 20.1. The minimum absolute atomic E-state index is 0.0558. The van der Waals surface area contributed by atoms with Crippen LogP contribution in [0.15, 0.2) is 36.4 Å². The molecule has 0 aromatic heterocycles. The van der Waals surface area contributed by atoms with Crippen LogP contribution in [0.25, 0.3) is 0 Å². The molecule has 0 radical (unpaired) electrons. The molecule has 1 N–H and O–H groups in total. The average Bonchev–Trinajstić information content (AvgIpc) is 2.71. The van der Waals surface area contributed by atoms with Gasteiger partial charge < -0.3 is 19.5 Å². The zero-order chi connectivity index (χ0) is 21.0. The van der Waals surface area contributed by atoms with Crippen molar-refractivity contribution < 1.29 is 28.7 Å². The van der Waals surface area contributed by atoms with Gasteiger partial charge in [0.1, 0.15) is 6.04 Å². The predicted octanol–water partition coefficient (Wildman–Crippen LogP) is 2.54. The molecular formula is C20H20N2O7. The number of hydrogen-bond acceptors (Lipinski definition) is 7. The van der Waals surface area contributed by atoms with Gasteiger partial charge in [0.25, 0.3) is 0 Å². The van der Waals surface area contributed by atoms with E-state index in [9.17, 15) is 19.7 Å². The summed E-state index contributed by atoms with van der Waals surface area (Å²) in [5.41, 5.74) is 1.05. The average molecular weight is 400 g/mol. The van der Waals surface area contributed by atoms with E-state index in [2.05, 4.69) is 5.32 Å². The molecule has 0 saturated carbocycles. The Hall–Kier alpha value is -3.62. The highest BCUT2D eigenvalue weighted by Crippen LogP contribution is 2.37. The first-order chi connectivity index (χ1) is 13.9. The number of hydrogen-bond donors (Lipinski definition) is 1. The van der Waals surface area contributed by atoms with Crippen molar-refractivity contribution in [1.29, 1.82) is 0 Å². The SMILES string of the molecule is COC(=O)[C@@H]1Cc2ccc(OC)c(c2)Oc2ccc(cc2[N+](=O)[O-])CCC(=O)N1. The van der Waals surface area contributed by atoms with Gasteiger partial charge in [0.2, 0.25) is 11.7 Å². The lowest BCUT2D eigenvalue weighted by Crippen LogP contribution is -2.43. The number of esters is 1. The van der Waals surface area contributed by atoms with E-state index in [0.29, 0.717) is 16.9 Å². The fourth-order valence-corrected chi connectivity index (χ4v) is 3.09. The molecule has 152 valence electrons. The summed E-state index contributed by atoms with van der Waals surface area (Å²) in [7, 11) is 2.71. The standard InChI is InChI=1S/C20H20N2O7/c1-27-17-7-4-13-9-14(20(24)28-2)21-19(23)8-5-12-3-6-16(29-18(17)11-13)15(10-12)22(25)26/h3-4,6-7,10-11,14H,5,8-9H2,1-2H3,(H,21,23)/t14-/m0/s1. The van der Waals surface area contributed by atoms with E-state index < -0.39 is 16.9 Å². The highest BCUT2D eigenvalue weighted by atomic mass is 16.6. The van der Waals surface area contributed by atoms with Crippen LogP contribution in [-0.4, -0.2) is 37.1 Å². The summed E-state index contributed by atoms with van der Waals surface area (Å²) in [5.74, 6) is -0.233. The number of benzene rings is 2. The number of nitrogens with zero attached hydrogens (tertiary/aromatic N) is 1. The smallest absolute Gasteiger partial charge is 0.328 e. The van der Waals surface area contributed by atoms with Crippen LogP contribution in [0.2, 0.25) is 0 Å². The number of carbonyl (C=O) groups excluding carboxylic acids is 2. The van der Waals surface area contributed by atoms with Crippen molar-refractivity contribution in [1.82, 2.24) is 5.32 Å². The van der Waals surface area contributed by atoms with E-state index in [4.69, 9.17) is 14.2 Å². The third kappa shape index (κ3) is 4.63. The molecule has 2 heterocycles. The second-order valence-corrected chi connectivity index (χ2v) is 6.49. The summed E-state index contributed by atoms with van der Waals surface area (Å²) in [5, 5.41) is 14.2. The Kier molecular flexibility index (Phi) is 5.96. The number of nitrogens with one attached hydrogen (secondary N) is 1. The van der Waals surface area contributed by atoms with Crippen LogP contribution in [0.1, 0.15) is 17.5 Å². The van der Waals surface area contributed by atoms with Crippen LogP contribution >= 0.6 is 0 Å². The largest absolute Gasteiger partial charge is 0.493 e. The van der Waals surface area contributed by atoms with Crippen molar-refractivity contribution in [3.63, 3.8) is 0 Å². The van der Waals surface area contributed by atoms with Gasteiger partial charge in [0.15, 0.2) is 11.5 Å². The molecule has 1 atom stereocenters. The van der Waals surface area contributed by atoms with Crippen LogP contribution in [0.5, 0.6) is 17.2 Å². The number of ether oxygens (including phenoxy) is 3. The van der Waals surface area contributed by atoms with Gasteiger partial charge >= 0.3 is 11.7 Å². The second kappa shape index (κ2) is 8.59. The van der Waals surface area contributed by atoms with Crippen LogP contribution in [0.4, 0.5) is 5.69 Å². The van der Waals surface area contributed by atoms with E-state index in [1.807, 2.05) is 0 Å². The van der Waals surface area contributed by atoms with Crippen molar-refractivity contribution >= 4 is 17.6 Å². The van der Waals surface area contributed by atoms with E-state index in [0.717, 1.165) is 0 Å². The van der Waals surface area contributed by atoms with Gasteiger partial charge in [-0.2, -0.15) is 0 Å². The summed E-state index contributed by atoms with van der Waals surface area (Å²) in [4.78, 5) is 35.4. The Morgan fingerprint density at radius 1 is 1.14 bits per heavy atom. The van der Waals surface area contributed by atoms with E-state index >= 15 is 0 Å². The van der Waals surface area contributed by atoms with E-state index in [-0.39, 0.29) is 42.4 Å². The maximum atomic E-state index is 12.3. The number of rotatable bonds is 3.